The third-order valence-electron chi connectivity index (χ3n) is 12.1. The third kappa shape index (κ3) is 5.54. The van der Waals surface area contributed by atoms with E-state index in [2.05, 4.69) is 191 Å². The van der Waals surface area contributed by atoms with E-state index >= 15 is 0 Å². The summed E-state index contributed by atoms with van der Waals surface area (Å²) in [6, 6.07) is 52.7. The number of aryl methyl sites for hydroxylation is 1. The van der Waals surface area contributed by atoms with Gasteiger partial charge in [0, 0.05) is 33.9 Å². The molecule has 3 aliphatic rings. The maximum Gasteiger partial charge on any atom is 0.138 e. The molecule has 56 heavy (non-hydrogen) atoms. The Morgan fingerprint density at radius 2 is 1.09 bits per heavy atom. The predicted octanol–water partition coefficient (Wildman–Crippen LogP) is 13.1. The Morgan fingerprint density at radius 3 is 1.80 bits per heavy atom. The first-order chi connectivity index (χ1) is 27.8. The molecule has 3 heterocycles. The lowest BCUT2D eigenvalue weighted by Gasteiger charge is -2.20. The Bertz CT molecular complexity index is 2790. The molecule has 0 saturated carbocycles. The minimum atomic E-state index is 0.306. The second-order valence-corrected chi connectivity index (χ2v) is 15.3. The number of nitrogens with zero attached hydrogens (tertiary/aromatic N) is 3. The van der Waals surface area contributed by atoms with Gasteiger partial charge in [-0.15, -0.1) is 0 Å². The molecule has 0 bridgehead atoms. The average molecular weight is 720 g/mol. The van der Waals surface area contributed by atoms with Crippen LogP contribution in [0.2, 0.25) is 0 Å². The van der Waals surface area contributed by atoms with Crippen LogP contribution in [0.3, 0.4) is 0 Å². The minimum Gasteiger partial charge on any atom is -0.310 e. The predicted molar refractivity (Wildman–Crippen MR) is 233 cm³/mol. The maximum atomic E-state index is 5.37. The summed E-state index contributed by atoms with van der Waals surface area (Å²) >= 11 is 0. The van der Waals surface area contributed by atoms with Gasteiger partial charge < -0.3 is 4.57 Å². The van der Waals surface area contributed by atoms with Crippen molar-refractivity contribution >= 4 is 29.1 Å². The zero-order valence-electron chi connectivity index (χ0n) is 31.3. The van der Waals surface area contributed by atoms with Crippen LogP contribution in [0.15, 0.2) is 164 Å². The number of hydrogen-bond acceptors (Lipinski definition) is 1. The van der Waals surface area contributed by atoms with Crippen molar-refractivity contribution in [3.8, 4) is 45.0 Å². The van der Waals surface area contributed by atoms with E-state index in [1.54, 1.807) is 0 Å². The van der Waals surface area contributed by atoms with Crippen molar-refractivity contribution in [2.45, 2.75) is 38.0 Å². The van der Waals surface area contributed by atoms with Crippen molar-refractivity contribution in [1.82, 2.24) is 14.1 Å². The molecule has 3 aliphatic carbocycles. The summed E-state index contributed by atoms with van der Waals surface area (Å²) in [6.07, 6.45) is 19.4. The molecule has 0 saturated heterocycles. The van der Waals surface area contributed by atoms with Crippen LogP contribution in [0.5, 0.6) is 0 Å². The lowest BCUT2D eigenvalue weighted by molar-refractivity contribution is 0.810. The van der Waals surface area contributed by atoms with Gasteiger partial charge in [0.25, 0.3) is 0 Å². The van der Waals surface area contributed by atoms with Gasteiger partial charge in [-0.05, 0) is 131 Å². The van der Waals surface area contributed by atoms with E-state index in [1.807, 2.05) is 0 Å². The van der Waals surface area contributed by atoms with Crippen LogP contribution in [0, 0.1) is 0 Å². The van der Waals surface area contributed by atoms with Gasteiger partial charge in [-0.3, -0.25) is 4.57 Å². The number of pyridine rings is 1. The molecule has 3 aromatic heterocycles. The summed E-state index contributed by atoms with van der Waals surface area (Å²) in [7, 11) is 0. The van der Waals surface area contributed by atoms with Crippen molar-refractivity contribution < 1.29 is 0 Å². The highest BCUT2D eigenvalue weighted by Gasteiger charge is 2.28. The zero-order chi connectivity index (χ0) is 37.0. The number of benzene rings is 5. The monoisotopic (exact) mass is 719 g/mol. The first-order valence-electron chi connectivity index (χ1n) is 20.0. The Hall–Kier alpha value is -6.71. The highest BCUT2D eigenvalue weighted by Crippen LogP contribution is 2.42. The molecule has 3 nitrogen and oxygen atoms in total. The van der Waals surface area contributed by atoms with Gasteiger partial charge in [0.15, 0.2) is 0 Å². The molecule has 0 fully saturated rings. The summed E-state index contributed by atoms with van der Waals surface area (Å²) in [6.45, 7) is 0. The smallest absolute Gasteiger partial charge is 0.138 e. The fourth-order valence-electron chi connectivity index (χ4n) is 9.34. The van der Waals surface area contributed by atoms with Crippen molar-refractivity contribution in [2.24, 2.45) is 0 Å². The largest absolute Gasteiger partial charge is 0.310 e. The van der Waals surface area contributed by atoms with Gasteiger partial charge in [-0.2, -0.15) is 0 Å². The number of rotatable bonds is 6. The number of aromatic nitrogens is 3. The summed E-state index contributed by atoms with van der Waals surface area (Å²) in [5, 5.41) is 1.34. The van der Waals surface area contributed by atoms with E-state index in [0.29, 0.717) is 5.92 Å². The first-order valence-corrected chi connectivity index (χ1v) is 20.0. The van der Waals surface area contributed by atoms with Gasteiger partial charge in [-0.1, -0.05) is 127 Å². The Labute approximate surface area is 328 Å². The first kappa shape index (κ1) is 32.7. The normalized spacial score (nSPS) is 15.5. The lowest BCUT2D eigenvalue weighted by Crippen LogP contribution is -2.08. The highest BCUT2D eigenvalue weighted by molar-refractivity contribution is 5.92. The van der Waals surface area contributed by atoms with E-state index in [0.717, 1.165) is 49.2 Å². The lowest BCUT2D eigenvalue weighted by atomic mass is 9.84. The molecule has 0 radical (unpaired) electrons. The minimum absolute atomic E-state index is 0.306. The van der Waals surface area contributed by atoms with Crippen LogP contribution < -0.4 is 0 Å². The van der Waals surface area contributed by atoms with E-state index in [1.165, 1.54) is 78.2 Å². The highest BCUT2D eigenvalue weighted by atomic mass is 15.1. The fraction of sp³-hybridized carbons (Fsp3) is 0.113. The van der Waals surface area contributed by atoms with E-state index in [9.17, 15) is 0 Å². The van der Waals surface area contributed by atoms with Crippen LogP contribution in [0.25, 0.3) is 74.1 Å². The molecular formula is C53H41N3. The van der Waals surface area contributed by atoms with Crippen LogP contribution in [0.1, 0.15) is 58.1 Å². The number of hydrogen-bond donors (Lipinski definition) is 0. The fourth-order valence-corrected chi connectivity index (χ4v) is 9.34. The zero-order valence-corrected chi connectivity index (χ0v) is 31.3. The van der Waals surface area contributed by atoms with Crippen molar-refractivity contribution in [3.63, 3.8) is 0 Å². The van der Waals surface area contributed by atoms with Gasteiger partial charge in [0.1, 0.15) is 5.82 Å². The molecule has 3 heteroatoms. The molecule has 0 N–H and O–H groups in total. The van der Waals surface area contributed by atoms with Gasteiger partial charge in [0.05, 0.1) is 16.9 Å². The van der Waals surface area contributed by atoms with Gasteiger partial charge in [-0.25, -0.2) is 4.98 Å². The molecule has 268 valence electrons. The SMILES string of the molecule is C1=Cc2c(c3c(n2-c2ccc(-c4ccccc4)cc2)C=CC(c2ccc4c(c2)c2c(n4-c4cc(-c5ccccc5)cc(-c5ccccc5)n4)C=CCC2)C3)CC1. The Morgan fingerprint density at radius 1 is 0.482 bits per heavy atom. The van der Waals surface area contributed by atoms with Crippen molar-refractivity contribution in [2.75, 3.05) is 0 Å². The summed E-state index contributed by atoms with van der Waals surface area (Å²) < 4.78 is 4.90. The Balaban J connectivity index is 0.997. The summed E-state index contributed by atoms with van der Waals surface area (Å²) in [4.78, 5) is 5.37. The molecule has 1 atom stereocenters. The quantitative estimate of drug-likeness (QED) is 0.168. The average Bonchev–Trinajstić information content (AvgIpc) is 3.79. The van der Waals surface area contributed by atoms with E-state index in [-0.39, 0.29) is 0 Å². The Kier molecular flexibility index (Phi) is 7.91. The molecule has 11 rings (SSSR count). The van der Waals surface area contributed by atoms with Crippen LogP contribution in [0.4, 0.5) is 0 Å². The van der Waals surface area contributed by atoms with Crippen molar-refractivity contribution in [3.05, 3.63) is 203 Å². The number of allylic oxidation sites excluding steroid dienone is 3. The van der Waals surface area contributed by atoms with Crippen LogP contribution in [-0.4, -0.2) is 14.1 Å². The van der Waals surface area contributed by atoms with Gasteiger partial charge in [0.2, 0.25) is 0 Å². The molecule has 8 aromatic rings. The van der Waals surface area contributed by atoms with Crippen LogP contribution >= 0.6 is 0 Å². The second-order valence-electron chi connectivity index (χ2n) is 15.3. The second kappa shape index (κ2) is 13.5. The van der Waals surface area contributed by atoms with Crippen molar-refractivity contribution in [1.29, 1.82) is 0 Å². The van der Waals surface area contributed by atoms with E-state index < -0.39 is 0 Å². The molecular weight excluding hydrogens is 679 g/mol. The van der Waals surface area contributed by atoms with E-state index in [4.69, 9.17) is 4.98 Å². The summed E-state index contributed by atoms with van der Waals surface area (Å²) in [5.74, 6) is 1.26. The molecule has 1 unspecified atom stereocenters. The standard InChI is InChI=1S/C53H41N3/c1-4-14-36(15-5-1)38-24-28-43(29-25-38)55-49-22-12-10-20-44(49)46-32-40(26-30-51(46)55)41-27-31-52-47(33-41)45-21-11-13-23-50(45)56(52)53-35-42(37-16-6-2-7-17-37)34-48(54-53)39-18-8-3-9-19-39/h1-9,12-19,22-31,33-35,40H,10-11,20-21,32H2. The molecule has 0 spiro atoms. The van der Waals surface area contributed by atoms with Gasteiger partial charge >= 0.3 is 0 Å². The molecule has 0 amide bonds. The molecule has 0 aliphatic heterocycles. The molecule has 5 aromatic carbocycles. The third-order valence-corrected chi connectivity index (χ3v) is 12.1. The van der Waals surface area contributed by atoms with Crippen LogP contribution in [-0.2, 0) is 19.3 Å². The summed E-state index contributed by atoms with van der Waals surface area (Å²) in [5.41, 5.74) is 19.1. The topological polar surface area (TPSA) is 22.8 Å². The number of fused-ring (bicyclic) bond motifs is 6. The maximum absolute atomic E-state index is 5.37.